The van der Waals surface area contributed by atoms with Gasteiger partial charge in [-0.15, -0.1) is 0 Å². The maximum atomic E-state index is 5.83. The maximum absolute atomic E-state index is 5.83. The van der Waals surface area contributed by atoms with Gasteiger partial charge in [0.15, 0.2) is 0 Å². The molecule has 1 aromatic rings. The molecule has 1 saturated carbocycles. The molecule has 0 bridgehead atoms. The van der Waals surface area contributed by atoms with Gasteiger partial charge in [-0.05, 0) is 56.2 Å². The molecule has 0 radical (unpaired) electrons. The van der Waals surface area contributed by atoms with Crippen LogP contribution in [0.15, 0.2) is 4.47 Å². The van der Waals surface area contributed by atoms with Gasteiger partial charge in [0.2, 0.25) is 0 Å². The fourth-order valence-electron chi connectivity index (χ4n) is 2.75. The van der Waals surface area contributed by atoms with Crippen LogP contribution < -0.4 is 15.8 Å². The molecular weight excluding hydrogens is 304 g/mol. The van der Waals surface area contributed by atoms with Gasteiger partial charge in [-0.3, -0.25) is 0 Å². The lowest BCUT2D eigenvalue weighted by Crippen LogP contribution is -2.39. The van der Waals surface area contributed by atoms with Gasteiger partial charge in [-0.2, -0.15) is 0 Å². The second-order valence-corrected chi connectivity index (χ2v) is 6.37. The van der Waals surface area contributed by atoms with Crippen molar-refractivity contribution in [3.05, 3.63) is 21.2 Å². The van der Waals surface area contributed by atoms with Gasteiger partial charge in [0.05, 0.1) is 12.8 Å². The molecule has 1 aliphatic rings. The SMILES string of the molecule is COc1c(C)c(C)c(Br)c(C)c1NCC1CC(N)C1. The van der Waals surface area contributed by atoms with E-state index in [4.69, 9.17) is 10.5 Å². The van der Waals surface area contributed by atoms with E-state index in [0.717, 1.165) is 30.8 Å². The van der Waals surface area contributed by atoms with Gasteiger partial charge in [0.1, 0.15) is 5.75 Å². The highest BCUT2D eigenvalue weighted by atomic mass is 79.9. The van der Waals surface area contributed by atoms with Crippen molar-refractivity contribution in [1.82, 2.24) is 0 Å². The summed E-state index contributed by atoms with van der Waals surface area (Å²) >= 11 is 3.68. The third-order valence-corrected chi connectivity index (χ3v) is 5.40. The van der Waals surface area contributed by atoms with Gasteiger partial charge < -0.3 is 15.8 Å². The molecule has 4 heteroatoms. The summed E-state index contributed by atoms with van der Waals surface area (Å²) < 4.78 is 6.76. The van der Waals surface area contributed by atoms with Gasteiger partial charge in [-0.1, -0.05) is 15.9 Å². The number of benzene rings is 1. The Kier molecular flexibility index (Phi) is 4.41. The molecule has 3 N–H and O–H groups in total. The lowest BCUT2D eigenvalue weighted by molar-refractivity contribution is 0.279. The maximum Gasteiger partial charge on any atom is 0.145 e. The highest BCUT2D eigenvalue weighted by Gasteiger charge is 2.26. The Labute approximate surface area is 124 Å². The summed E-state index contributed by atoms with van der Waals surface area (Å²) in [5, 5.41) is 3.55. The molecule has 0 amide bonds. The third-order valence-electron chi connectivity index (χ3n) is 4.21. The van der Waals surface area contributed by atoms with Gasteiger partial charge in [0, 0.05) is 17.1 Å². The van der Waals surface area contributed by atoms with Crippen LogP contribution in [-0.4, -0.2) is 19.7 Å². The number of ether oxygens (including phenoxy) is 1. The fraction of sp³-hybridized carbons (Fsp3) is 0.600. The van der Waals surface area contributed by atoms with Crippen LogP contribution in [0, 0.1) is 26.7 Å². The Morgan fingerprint density at radius 3 is 2.37 bits per heavy atom. The zero-order valence-electron chi connectivity index (χ0n) is 12.1. The predicted octanol–water partition coefficient (Wildman–Crippen LogP) is 3.53. The molecule has 106 valence electrons. The molecule has 0 unspecified atom stereocenters. The van der Waals surface area contributed by atoms with E-state index in [9.17, 15) is 0 Å². The highest BCUT2D eigenvalue weighted by molar-refractivity contribution is 9.10. The lowest BCUT2D eigenvalue weighted by atomic mass is 9.81. The van der Waals surface area contributed by atoms with Crippen molar-refractivity contribution >= 4 is 21.6 Å². The molecule has 19 heavy (non-hydrogen) atoms. The van der Waals surface area contributed by atoms with Crippen molar-refractivity contribution < 1.29 is 4.74 Å². The van der Waals surface area contributed by atoms with Crippen molar-refractivity contribution in [2.24, 2.45) is 11.7 Å². The van der Waals surface area contributed by atoms with Crippen molar-refractivity contribution in [1.29, 1.82) is 0 Å². The summed E-state index contributed by atoms with van der Waals surface area (Å²) in [7, 11) is 1.74. The van der Waals surface area contributed by atoms with Gasteiger partial charge in [0.25, 0.3) is 0 Å². The minimum atomic E-state index is 0.404. The van der Waals surface area contributed by atoms with E-state index in [1.54, 1.807) is 7.11 Å². The summed E-state index contributed by atoms with van der Waals surface area (Å²) in [5.41, 5.74) is 10.6. The Balaban J connectivity index is 2.23. The molecule has 0 aromatic heterocycles. The summed E-state index contributed by atoms with van der Waals surface area (Å²) in [4.78, 5) is 0. The Hall–Kier alpha value is -0.740. The number of rotatable bonds is 4. The Bertz CT molecular complexity index is 482. The largest absolute Gasteiger partial charge is 0.494 e. The second kappa shape index (κ2) is 5.71. The van der Waals surface area contributed by atoms with E-state index >= 15 is 0 Å². The van der Waals surface area contributed by atoms with Crippen LogP contribution in [0.2, 0.25) is 0 Å². The van der Waals surface area contributed by atoms with E-state index in [0.29, 0.717) is 12.0 Å². The first-order valence-electron chi connectivity index (χ1n) is 6.78. The van der Waals surface area contributed by atoms with Crippen LogP contribution in [0.4, 0.5) is 5.69 Å². The van der Waals surface area contributed by atoms with Crippen LogP contribution in [0.5, 0.6) is 5.75 Å². The molecule has 3 nitrogen and oxygen atoms in total. The van der Waals surface area contributed by atoms with Gasteiger partial charge >= 0.3 is 0 Å². The number of nitrogens with two attached hydrogens (primary N) is 1. The molecular formula is C15H23BrN2O. The minimum Gasteiger partial charge on any atom is -0.494 e. The first kappa shape index (κ1) is 14.7. The van der Waals surface area contributed by atoms with Gasteiger partial charge in [-0.25, -0.2) is 0 Å². The standard InChI is InChI=1S/C15H23BrN2O/c1-8-9(2)15(19-4)14(10(3)13(8)16)18-7-11-5-12(17)6-11/h11-12,18H,5-7,17H2,1-4H3. The van der Waals surface area contributed by atoms with Crippen LogP contribution in [0.25, 0.3) is 0 Å². The first-order valence-corrected chi connectivity index (χ1v) is 7.57. The molecule has 1 aliphatic carbocycles. The van der Waals surface area contributed by atoms with Crippen LogP contribution in [-0.2, 0) is 0 Å². The number of halogens is 1. The smallest absolute Gasteiger partial charge is 0.145 e. The monoisotopic (exact) mass is 326 g/mol. The lowest BCUT2D eigenvalue weighted by Gasteiger charge is -2.33. The zero-order chi connectivity index (χ0) is 14.2. The molecule has 0 aliphatic heterocycles. The van der Waals surface area contributed by atoms with Crippen molar-refractivity contribution in [2.75, 3.05) is 19.0 Å². The van der Waals surface area contributed by atoms with E-state index in [1.165, 1.54) is 21.2 Å². The number of methoxy groups -OCH3 is 1. The zero-order valence-corrected chi connectivity index (χ0v) is 13.7. The van der Waals surface area contributed by atoms with E-state index in [2.05, 4.69) is 42.0 Å². The average molecular weight is 327 g/mol. The van der Waals surface area contributed by atoms with E-state index in [1.807, 2.05) is 0 Å². The Morgan fingerprint density at radius 2 is 1.84 bits per heavy atom. The fourth-order valence-corrected chi connectivity index (χ4v) is 3.25. The molecule has 0 heterocycles. The quantitative estimate of drug-likeness (QED) is 0.889. The molecule has 1 fully saturated rings. The average Bonchev–Trinajstić information content (AvgIpc) is 2.36. The van der Waals surface area contributed by atoms with Crippen molar-refractivity contribution in [2.45, 2.75) is 39.7 Å². The number of anilines is 1. The third kappa shape index (κ3) is 2.75. The number of hydrogen-bond donors (Lipinski definition) is 2. The number of hydrogen-bond acceptors (Lipinski definition) is 3. The predicted molar refractivity (Wildman–Crippen MR) is 84.1 cm³/mol. The van der Waals surface area contributed by atoms with Crippen molar-refractivity contribution in [3.8, 4) is 5.75 Å². The normalized spacial score (nSPS) is 22.0. The summed E-state index contributed by atoms with van der Waals surface area (Å²) in [6.07, 6.45) is 2.25. The van der Waals surface area contributed by atoms with Crippen LogP contribution in [0.1, 0.15) is 29.5 Å². The highest BCUT2D eigenvalue weighted by Crippen LogP contribution is 2.40. The summed E-state index contributed by atoms with van der Waals surface area (Å²) in [6.45, 7) is 7.31. The summed E-state index contributed by atoms with van der Waals surface area (Å²) in [6, 6.07) is 0.404. The van der Waals surface area contributed by atoms with E-state index < -0.39 is 0 Å². The Morgan fingerprint density at radius 1 is 1.21 bits per heavy atom. The second-order valence-electron chi connectivity index (χ2n) is 5.58. The molecule has 0 spiro atoms. The van der Waals surface area contributed by atoms with Crippen LogP contribution >= 0.6 is 15.9 Å². The molecule has 0 atom stereocenters. The number of nitrogens with one attached hydrogen (secondary N) is 1. The van der Waals surface area contributed by atoms with Crippen molar-refractivity contribution in [3.63, 3.8) is 0 Å². The topological polar surface area (TPSA) is 47.3 Å². The first-order chi connectivity index (χ1) is 8.95. The summed E-state index contributed by atoms with van der Waals surface area (Å²) in [5.74, 6) is 1.65. The van der Waals surface area contributed by atoms with Crippen LogP contribution in [0.3, 0.4) is 0 Å². The van der Waals surface area contributed by atoms with E-state index in [-0.39, 0.29) is 0 Å². The molecule has 1 aromatic carbocycles. The molecule has 2 rings (SSSR count). The minimum absolute atomic E-state index is 0.404. The molecule has 0 saturated heterocycles.